The van der Waals surface area contributed by atoms with Crippen molar-refractivity contribution in [3.8, 4) is 11.8 Å². The average Bonchev–Trinajstić information content (AvgIpc) is 2.67. The topological polar surface area (TPSA) is 0 Å². The van der Waals surface area contributed by atoms with Gasteiger partial charge in [0.2, 0.25) is 0 Å². The first-order chi connectivity index (χ1) is 12.2. The van der Waals surface area contributed by atoms with E-state index in [0.717, 1.165) is 16.9 Å². The lowest BCUT2D eigenvalue weighted by Gasteiger charge is -2.26. The Balaban J connectivity index is 1.41. The normalized spacial score (nSPS) is 30.0. The van der Waals surface area contributed by atoms with E-state index < -0.39 is 0 Å². The van der Waals surface area contributed by atoms with Crippen molar-refractivity contribution in [3.05, 3.63) is 47.0 Å². The van der Waals surface area contributed by atoms with Gasteiger partial charge in [0.25, 0.3) is 0 Å². The molecule has 1 aromatic carbocycles. The molecule has 0 heterocycles. The lowest BCUT2D eigenvalue weighted by atomic mass is 9.79. The van der Waals surface area contributed by atoms with Crippen molar-refractivity contribution in [1.29, 1.82) is 0 Å². The first kappa shape index (κ1) is 18.6. The zero-order valence-electron chi connectivity index (χ0n) is 15.5. The van der Waals surface area contributed by atoms with Gasteiger partial charge in [-0.2, -0.15) is 0 Å². The van der Waals surface area contributed by atoms with E-state index in [1.807, 2.05) is 12.1 Å². The second-order valence-electron chi connectivity index (χ2n) is 7.94. The van der Waals surface area contributed by atoms with Crippen LogP contribution in [-0.2, 0) is 0 Å². The molecule has 25 heavy (non-hydrogen) atoms. The third kappa shape index (κ3) is 5.65. The standard InChI is InChI=1S/C24H31Cl/c1-2-19-7-9-20(10-8-19)5-3-4-6-21-11-13-22(14-12-21)23-15-17-24(25)18-16-23/h3,5,15-22H,2,7-14H2,1H3/b5-3+/t19-,20-,21-,22-. The molecule has 2 fully saturated rings. The first-order valence-electron chi connectivity index (χ1n) is 10.2. The lowest BCUT2D eigenvalue weighted by Crippen LogP contribution is -2.12. The molecular formula is C24H31Cl. The highest BCUT2D eigenvalue weighted by molar-refractivity contribution is 6.30. The minimum atomic E-state index is 0.587. The van der Waals surface area contributed by atoms with Gasteiger partial charge >= 0.3 is 0 Å². The molecule has 0 saturated heterocycles. The summed E-state index contributed by atoms with van der Waals surface area (Å²) in [5, 5.41) is 0.832. The Morgan fingerprint density at radius 3 is 2.28 bits per heavy atom. The minimum absolute atomic E-state index is 0.587. The van der Waals surface area contributed by atoms with E-state index in [1.165, 1.54) is 63.4 Å². The molecule has 1 heteroatoms. The highest BCUT2D eigenvalue weighted by atomic mass is 35.5. The maximum absolute atomic E-state index is 5.99. The SMILES string of the molecule is CC[C@H]1CC[C@H](/C=C/C#C[C@H]2CC[C@H](c3ccc(Cl)cc3)CC2)CC1. The summed E-state index contributed by atoms with van der Waals surface area (Å²) in [6, 6.07) is 8.41. The van der Waals surface area contributed by atoms with Gasteiger partial charge in [0, 0.05) is 10.9 Å². The van der Waals surface area contributed by atoms with E-state index in [0.29, 0.717) is 11.8 Å². The van der Waals surface area contributed by atoms with Crippen LogP contribution in [0.25, 0.3) is 0 Å². The van der Waals surface area contributed by atoms with Crippen molar-refractivity contribution in [2.45, 2.75) is 70.6 Å². The van der Waals surface area contributed by atoms with Crippen LogP contribution < -0.4 is 0 Å². The van der Waals surface area contributed by atoms with Crippen LogP contribution in [0.1, 0.15) is 76.2 Å². The Morgan fingerprint density at radius 1 is 0.960 bits per heavy atom. The number of halogens is 1. The van der Waals surface area contributed by atoms with Crippen molar-refractivity contribution in [1.82, 2.24) is 0 Å². The van der Waals surface area contributed by atoms with Gasteiger partial charge in [-0.15, -0.1) is 0 Å². The molecule has 0 amide bonds. The molecule has 0 nitrogen and oxygen atoms in total. The van der Waals surface area contributed by atoms with Crippen molar-refractivity contribution in [3.63, 3.8) is 0 Å². The molecule has 0 N–H and O–H groups in total. The van der Waals surface area contributed by atoms with Crippen molar-refractivity contribution in [2.24, 2.45) is 17.8 Å². The summed E-state index contributed by atoms with van der Waals surface area (Å²) in [4.78, 5) is 0. The molecule has 2 aliphatic rings. The largest absolute Gasteiger partial charge is 0.0951 e. The van der Waals surface area contributed by atoms with Crippen LogP contribution in [0.15, 0.2) is 36.4 Å². The van der Waals surface area contributed by atoms with Crippen LogP contribution >= 0.6 is 11.6 Å². The van der Waals surface area contributed by atoms with E-state index in [4.69, 9.17) is 11.6 Å². The smallest absolute Gasteiger partial charge is 0.0406 e. The van der Waals surface area contributed by atoms with E-state index in [2.05, 4.69) is 43.0 Å². The van der Waals surface area contributed by atoms with E-state index in [-0.39, 0.29) is 0 Å². The molecule has 3 rings (SSSR count). The minimum Gasteiger partial charge on any atom is -0.0951 e. The molecule has 0 unspecified atom stereocenters. The highest BCUT2D eigenvalue weighted by Crippen LogP contribution is 2.36. The summed E-state index contributed by atoms with van der Waals surface area (Å²) < 4.78 is 0. The van der Waals surface area contributed by atoms with Gasteiger partial charge in [-0.05, 0) is 92.9 Å². The van der Waals surface area contributed by atoms with Gasteiger partial charge in [-0.25, -0.2) is 0 Å². The third-order valence-electron chi connectivity index (χ3n) is 6.28. The molecule has 134 valence electrons. The lowest BCUT2D eigenvalue weighted by molar-refractivity contribution is 0.304. The molecule has 0 radical (unpaired) electrons. The number of benzene rings is 1. The van der Waals surface area contributed by atoms with Crippen LogP contribution in [0.5, 0.6) is 0 Å². The second-order valence-corrected chi connectivity index (χ2v) is 8.37. The fourth-order valence-corrected chi connectivity index (χ4v) is 4.57. The summed E-state index contributed by atoms with van der Waals surface area (Å²) >= 11 is 5.99. The molecule has 0 bridgehead atoms. The predicted molar refractivity (Wildman–Crippen MR) is 109 cm³/mol. The number of rotatable bonds is 3. The summed E-state index contributed by atoms with van der Waals surface area (Å²) in [6.07, 6.45) is 16.4. The first-order valence-corrected chi connectivity index (χ1v) is 10.6. The molecule has 0 aromatic heterocycles. The molecule has 2 saturated carbocycles. The maximum Gasteiger partial charge on any atom is 0.0406 e. The Hall–Kier alpha value is -1.19. The van der Waals surface area contributed by atoms with Crippen LogP contribution in [0.2, 0.25) is 5.02 Å². The second kappa shape index (κ2) is 9.49. The fourth-order valence-electron chi connectivity index (χ4n) is 4.45. The van der Waals surface area contributed by atoms with E-state index in [9.17, 15) is 0 Å². The maximum atomic E-state index is 5.99. The molecule has 0 atom stereocenters. The third-order valence-corrected chi connectivity index (χ3v) is 6.53. The molecule has 2 aliphatic carbocycles. The van der Waals surface area contributed by atoms with Crippen molar-refractivity contribution < 1.29 is 0 Å². The Morgan fingerprint density at radius 2 is 1.64 bits per heavy atom. The van der Waals surface area contributed by atoms with Crippen LogP contribution in [0, 0.1) is 29.6 Å². The van der Waals surface area contributed by atoms with Crippen molar-refractivity contribution >= 4 is 11.6 Å². The van der Waals surface area contributed by atoms with Crippen LogP contribution in [-0.4, -0.2) is 0 Å². The molecular weight excluding hydrogens is 324 g/mol. The fraction of sp³-hybridized carbons (Fsp3) is 0.583. The zero-order chi connectivity index (χ0) is 17.5. The summed E-state index contributed by atoms with van der Waals surface area (Å²) in [5.74, 6) is 9.88. The van der Waals surface area contributed by atoms with Gasteiger partial charge in [-0.3, -0.25) is 0 Å². The van der Waals surface area contributed by atoms with Crippen LogP contribution in [0.4, 0.5) is 0 Å². The van der Waals surface area contributed by atoms with Crippen molar-refractivity contribution in [2.75, 3.05) is 0 Å². The van der Waals surface area contributed by atoms with Gasteiger partial charge in [0.15, 0.2) is 0 Å². The average molecular weight is 355 g/mol. The Kier molecular flexibility index (Phi) is 7.06. The van der Waals surface area contributed by atoms with Gasteiger partial charge in [0.05, 0.1) is 0 Å². The predicted octanol–water partition coefficient (Wildman–Crippen LogP) is 7.39. The molecule has 0 aliphatic heterocycles. The Bertz CT molecular complexity index is 600. The van der Waals surface area contributed by atoms with Gasteiger partial charge < -0.3 is 0 Å². The number of allylic oxidation sites excluding steroid dienone is 2. The monoisotopic (exact) mass is 354 g/mol. The Labute approximate surface area is 159 Å². The summed E-state index contributed by atoms with van der Waals surface area (Å²) in [6.45, 7) is 2.33. The summed E-state index contributed by atoms with van der Waals surface area (Å²) in [5.41, 5.74) is 1.44. The quantitative estimate of drug-likeness (QED) is 0.496. The van der Waals surface area contributed by atoms with E-state index in [1.54, 1.807) is 0 Å². The zero-order valence-corrected chi connectivity index (χ0v) is 16.3. The van der Waals surface area contributed by atoms with Gasteiger partial charge in [-0.1, -0.05) is 55.0 Å². The molecule has 1 aromatic rings. The van der Waals surface area contributed by atoms with Gasteiger partial charge in [0.1, 0.15) is 0 Å². The summed E-state index contributed by atoms with van der Waals surface area (Å²) in [7, 11) is 0. The van der Waals surface area contributed by atoms with Crippen LogP contribution in [0.3, 0.4) is 0 Å². The highest BCUT2D eigenvalue weighted by Gasteiger charge is 2.21. The number of hydrogen-bond donors (Lipinski definition) is 0. The van der Waals surface area contributed by atoms with E-state index >= 15 is 0 Å². The number of hydrogen-bond acceptors (Lipinski definition) is 0. The molecule has 0 spiro atoms.